The molecule has 0 saturated heterocycles. The van der Waals surface area contributed by atoms with E-state index in [0.717, 1.165) is 24.2 Å². The SMILES string of the molecule is CCOc1ccc(CCCNC(=O)Cc2ccc(C)cc2)cc1. The van der Waals surface area contributed by atoms with Gasteiger partial charge in [0.25, 0.3) is 0 Å². The second kappa shape index (κ2) is 8.99. The summed E-state index contributed by atoms with van der Waals surface area (Å²) in [7, 11) is 0. The van der Waals surface area contributed by atoms with Gasteiger partial charge < -0.3 is 10.1 Å². The van der Waals surface area contributed by atoms with Gasteiger partial charge in [0, 0.05) is 6.54 Å². The Bertz CT molecular complexity index is 603. The van der Waals surface area contributed by atoms with Crippen molar-refractivity contribution < 1.29 is 9.53 Å². The quantitative estimate of drug-likeness (QED) is 0.755. The fourth-order valence-electron chi connectivity index (χ4n) is 2.39. The molecule has 122 valence electrons. The van der Waals surface area contributed by atoms with Crippen LogP contribution in [0.1, 0.15) is 30.0 Å². The lowest BCUT2D eigenvalue weighted by Crippen LogP contribution is -2.26. The van der Waals surface area contributed by atoms with Crippen LogP contribution in [0.15, 0.2) is 48.5 Å². The van der Waals surface area contributed by atoms with Crippen molar-refractivity contribution in [1.29, 1.82) is 0 Å². The molecule has 0 aliphatic carbocycles. The normalized spacial score (nSPS) is 10.3. The van der Waals surface area contributed by atoms with Crippen molar-refractivity contribution in [3.05, 3.63) is 65.2 Å². The summed E-state index contributed by atoms with van der Waals surface area (Å²) in [5.41, 5.74) is 3.53. The smallest absolute Gasteiger partial charge is 0.224 e. The van der Waals surface area contributed by atoms with Gasteiger partial charge in [0.1, 0.15) is 5.75 Å². The molecule has 0 saturated carbocycles. The summed E-state index contributed by atoms with van der Waals surface area (Å²) in [4.78, 5) is 11.9. The van der Waals surface area contributed by atoms with Crippen LogP contribution in [0, 0.1) is 6.92 Å². The molecule has 0 fully saturated rings. The van der Waals surface area contributed by atoms with Gasteiger partial charge in [-0.05, 0) is 49.9 Å². The van der Waals surface area contributed by atoms with E-state index >= 15 is 0 Å². The lowest BCUT2D eigenvalue weighted by atomic mass is 10.1. The molecular weight excluding hydrogens is 286 g/mol. The van der Waals surface area contributed by atoms with E-state index in [9.17, 15) is 4.79 Å². The van der Waals surface area contributed by atoms with Crippen molar-refractivity contribution in [1.82, 2.24) is 5.32 Å². The van der Waals surface area contributed by atoms with Gasteiger partial charge in [-0.3, -0.25) is 4.79 Å². The second-order valence-corrected chi connectivity index (χ2v) is 5.69. The third-order valence-electron chi connectivity index (χ3n) is 3.68. The van der Waals surface area contributed by atoms with Crippen LogP contribution in [-0.4, -0.2) is 19.1 Å². The van der Waals surface area contributed by atoms with Crippen molar-refractivity contribution in [2.75, 3.05) is 13.2 Å². The van der Waals surface area contributed by atoms with Crippen LogP contribution >= 0.6 is 0 Å². The van der Waals surface area contributed by atoms with E-state index < -0.39 is 0 Å². The number of ether oxygens (including phenoxy) is 1. The minimum Gasteiger partial charge on any atom is -0.494 e. The van der Waals surface area contributed by atoms with E-state index in [1.54, 1.807) is 0 Å². The van der Waals surface area contributed by atoms with Crippen LogP contribution in [0.4, 0.5) is 0 Å². The van der Waals surface area contributed by atoms with Gasteiger partial charge in [0.15, 0.2) is 0 Å². The molecule has 2 rings (SSSR count). The van der Waals surface area contributed by atoms with Crippen LogP contribution in [-0.2, 0) is 17.6 Å². The van der Waals surface area contributed by atoms with Gasteiger partial charge in [0.2, 0.25) is 5.91 Å². The predicted octanol–water partition coefficient (Wildman–Crippen LogP) is 3.69. The van der Waals surface area contributed by atoms with Crippen molar-refractivity contribution in [3.63, 3.8) is 0 Å². The number of amides is 1. The zero-order valence-corrected chi connectivity index (χ0v) is 14.0. The first kappa shape index (κ1) is 17.1. The molecule has 0 spiro atoms. The molecule has 23 heavy (non-hydrogen) atoms. The Hall–Kier alpha value is -2.29. The molecule has 2 aromatic carbocycles. The number of nitrogens with one attached hydrogen (secondary N) is 1. The van der Waals surface area contributed by atoms with Crippen LogP contribution in [0.5, 0.6) is 5.75 Å². The van der Waals surface area contributed by atoms with Gasteiger partial charge in [-0.2, -0.15) is 0 Å². The Kier molecular flexibility index (Phi) is 6.67. The Morgan fingerprint density at radius 3 is 2.30 bits per heavy atom. The molecule has 0 aromatic heterocycles. The highest BCUT2D eigenvalue weighted by Crippen LogP contribution is 2.13. The number of benzene rings is 2. The maximum absolute atomic E-state index is 11.9. The lowest BCUT2D eigenvalue weighted by molar-refractivity contribution is -0.120. The molecule has 1 N–H and O–H groups in total. The fraction of sp³-hybridized carbons (Fsp3) is 0.350. The Morgan fingerprint density at radius 2 is 1.65 bits per heavy atom. The number of hydrogen-bond donors (Lipinski definition) is 1. The highest BCUT2D eigenvalue weighted by molar-refractivity contribution is 5.78. The minimum absolute atomic E-state index is 0.0838. The summed E-state index contributed by atoms with van der Waals surface area (Å²) in [6, 6.07) is 16.2. The first-order chi connectivity index (χ1) is 11.2. The van der Waals surface area contributed by atoms with E-state index in [2.05, 4.69) is 17.4 Å². The number of carbonyl (C=O) groups excluding carboxylic acids is 1. The van der Waals surface area contributed by atoms with E-state index in [0.29, 0.717) is 19.6 Å². The summed E-state index contributed by atoms with van der Waals surface area (Å²) in [5.74, 6) is 0.989. The van der Waals surface area contributed by atoms with Gasteiger partial charge >= 0.3 is 0 Å². The standard InChI is InChI=1S/C20H25NO2/c1-3-23-19-12-10-17(11-13-19)5-4-14-21-20(22)15-18-8-6-16(2)7-9-18/h6-13H,3-5,14-15H2,1-2H3,(H,21,22). The van der Waals surface area contributed by atoms with Gasteiger partial charge in [0.05, 0.1) is 13.0 Å². The maximum Gasteiger partial charge on any atom is 0.224 e. The topological polar surface area (TPSA) is 38.3 Å². The summed E-state index contributed by atoms with van der Waals surface area (Å²) in [6.45, 7) is 5.42. The number of aryl methyl sites for hydroxylation is 2. The maximum atomic E-state index is 11.9. The van der Waals surface area contributed by atoms with E-state index in [4.69, 9.17) is 4.74 Å². The summed E-state index contributed by atoms with van der Waals surface area (Å²) >= 11 is 0. The molecule has 0 aliphatic heterocycles. The summed E-state index contributed by atoms with van der Waals surface area (Å²) in [5, 5.41) is 2.98. The molecule has 0 radical (unpaired) electrons. The monoisotopic (exact) mass is 311 g/mol. The minimum atomic E-state index is 0.0838. The zero-order chi connectivity index (χ0) is 16.5. The van der Waals surface area contributed by atoms with Gasteiger partial charge in [-0.1, -0.05) is 42.0 Å². The predicted molar refractivity (Wildman–Crippen MR) is 93.8 cm³/mol. The number of hydrogen-bond acceptors (Lipinski definition) is 2. The average molecular weight is 311 g/mol. The first-order valence-electron chi connectivity index (χ1n) is 8.21. The highest BCUT2D eigenvalue weighted by atomic mass is 16.5. The highest BCUT2D eigenvalue weighted by Gasteiger charge is 2.03. The van der Waals surface area contributed by atoms with E-state index in [1.807, 2.05) is 50.2 Å². The molecule has 3 heteroatoms. The Morgan fingerprint density at radius 1 is 1.00 bits per heavy atom. The van der Waals surface area contributed by atoms with Crippen molar-refractivity contribution in [3.8, 4) is 5.75 Å². The molecule has 0 atom stereocenters. The first-order valence-corrected chi connectivity index (χ1v) is 8.21. The largest absolute Gasteiger partial charge is 0.494 e. The summed E-state index contributed by atoms with van der Waals surface area (Å²) < 4.78 is 5.42. The summed E-state index contributed by atoms with van der Waals surface area (Å²) in [6.07, 6.45) is 2.34. The van der Waals surface area contributed by atoms with E-state index in [1.165, 1.54) is 11.1 Å². The lowest BCUT2D eigenvalue weighted by Gasteiger charge is -2.07. The molecular formula is C20H25NO2. The average Bonchev–Trinajstić information content (AvgIpc) is 2.55. The van der Waals surface area contributed by atoms with Crippen LogP contribution < -0.4 is 10.1 Å². The molecule has 0 aliphatic rings. The molecule has 0 unspecified atom stereocenters. The van der Waals surface area contributed by atoms with Gasteiger partial charge in [-0.15, -0.1) is 0 Å². The number of carbonyl (C=O) groups is 1. The molecule has 0 bridgehead atoms. The Balaban J connectivity index is 1.66. The van der Waals surface area contributed by atoms with Crippen molar-refractivity contribution in [2.45, 2.75) is 33.1 Å². The Labute approximate surface area is 138 Å². The number of rotatable bonds is 8. The molecule has 3 nitrogen and oxygen atoms in total. The van der Waals surface area contributed by atoms with Crippen LogP contribution in [0.2, 0.25) is 0 Å². The van der Waals surface area contributed by atoms with Crippen LogP contribution in [0.3, 0.4) is 0 Å². The third-order valence-corrected chi connectivity index (χ3v) is 3.68. The molecule has 2 aromatic rings. The molecule has 0 heterocycles. The fourth-order valence-corrected chi connectivity index (χ4v) is 2.39. The van der Waals surface area contributed by atoms with Gasteiger partial charge in [-0.25, -0.2) is 0 Å². The van der Waals surface area contributed by atoms with Crippen molar-refractivity contribution >= 4 is 5.91 Å². The van der Waals surface area contributed by atoms with Crippen LogP contribution in [0.25, 0.3) is 0 Å². The molecule has 1 amide bonds. The van der Waals surface area contributed by atoms with E-state index in [-0.39, 0.29) is 5.91 Å². The zero-order valence-electron chi connectivity index (χ0n) is 14.0. The third kappa shape index (κ3) is 6.15. The van der Waals surface area contributed by atoms with Crippen molar-refractivity contribution in [2.24, 2.45) is 0 Å². The second-order valence-electron chi connectivity index (χ2n) is 5.69.